The molecule has 0 aliphatic heterocycles. The van der Waals surface area contributed by atoms with E-state index in [1.807, 2.05) is 48.5 Å². The Bertz CT molecular complexity index is 662. The second-order valence-corrected chi connectivity index (χ2v) is 6.92. The average Bonchev–Trinajstić information content (AvgIpc) is 2.46. The summed E-state index contributed by atoms with van der Waals surface area (Å²) in [4.78, 5) is 12.1. The Balaban J connectivity index is 2.03. The molecule has 0 fully saturated rings. The highest BCUT2D eigenvalue weighted by Gasteiger charge is 2.18. The predicted molar refractivity (Wildman–Crippen MR) is 93.4 cm³/mol. The van der Waals surface area contributed by atoms with Crippen molar-refractivity contribution in [2.75, 3.05) is 11.9 Å². The molecule has 22 heavy (non-hydrogen) atoms. The summed E-state index contributed by atoms with van der Waals surface area (Å²) in [5.74, 6) is 0.481. The molecule has 0 saturated carbocycles. The number of benzene rings is 2. The first-order chi connectivity index (χ1) is 10.4. The van der Waals surface area contributed by atoms with Gasteiger partial charge in [0.25, 0.3) is 5.91 Å². The number of rotatable bonds is 4. The van der Waals surface area contributed by atoms with Gasteiger partial charge in [0.2, 0.25) is 0 Å². The van der Waals surface area contributed by atoms with Crippen LogP contribution in [0.25, 0.3) is 0 Å². The minimum atomic E-state index is -0.174. The maximum Gasteiger partial charge on any atom is 0.262 e. The minimum absolute atomic E-state index is 0.0267. The van der Waals surface area contributed by atoms with Crippen molar-refractivity contribution in [1.29, 1.82) is 0 Å². The molecule has 1 amide bonds. The lowest BCUT2D eigenvalue weighted by Crippen LogP contribution is -2.23. The van der Waals surface area contributed by atoms with Crippen molar-refractivity contribution in [2.45, 2.75) is 26.2 Å². The Morgan fingerprint density at radius 1 is 1.09 bits per heavy atom. The number of carbonyl (C=O) groups excluding carboxylic acids is 1. The third kappa shape index (κ3) is 4.34. The molecule has 2 aromatic rings. The second-order valence-electron chi connectivity index (χ2n) is 6.06. The van der Waals surface area contributed by atoms with Crippen molar-refractivity contribution < 1.29 is 9.53 Å². The topological polar surface area (TPSA) is 38.3 Å². The van der Waals surface area contributed by atoms with E-state index in [9.17, 15) is 4.79 Å². The van der Waals surface area contributed by atoms with Gasteiger partial charge in [-0.1, -0.05) is 51.1 Å². The molecular weight excluding hydrogens is 342 g/mol. The number of para-hydroxylation sites is 2. The van der Waals surface area contributed by atoms with Gasteiger partial charge in [-0.2, -0.15) is 0 Å². The second kappa shape index (κ2) is 6.97. The van der Waals surface area contributed by atoms with Crippen molar-refractivity contribution >= 4 is 27.5 Å². The van der Waals surface area contributed by atoms with E-state index in [1.165, 1.54) is 0 Å². The monoisotopic (exact) mass is 361 g/mol. The molecule has 116 valence electrons. The highest BCUT2D eigenvalue weighted by Crippen LogP contribution is 2.29. The molecular formula is C18H20BrNO2. The lowest BCUT2D eigenvalue weighted by molar-refractivity contribution is -0.118. The van der Waals surface area contributed by atoms with Gasteiger partial charge >= 0.3 is 0 Å². The molecule has 0 heterocycles. The van der Waals surface area contributed by atoms with Gasteiger partial charge in [-0.25, -0.2) is 0 Å². The van der Waals surface area contributed by atoms with Crippen LogP contribution in [0.5, 0.6) is 5.75 Å². The molecule has 0 radical (unpaired) electrons. The lowest BCUT2D eigenvalue weighted by Gasteiger charge is -2.23. The van der Waals surface area contributed by atoms with Gasteiger partial charge in [0.1, 0.15) is 5.75 Å². The predicted octanol–water partition coefficient (Wildman–Crippen LogP) is 4.76. The van der Waals surface area contributed by atoms with E-state index in [0.717, 1.165) is 15.7 Å². The molecule has 4 heteroatoms. The van der Waals surface area contributed by atoms with Crippen LogP contribution >= 0.6 is 15.9 Å². The summed E-state index contributed by atoms with van der Waals surface area (Å²) < 4.78 is 6.37. The molecule has 0 atom stereocenters. The smallest absolute Gasteiger partial charge is 0.262 e. The molecule has 0 unspecified atom stereocenters. The van der Waals surface area contributed by atoms with E-state index in [0.29, 0.717) is 5.75 Å². The van der Waals surface area contributed by atoms with Crippen LogP contribution in [0.4, 0.5) is 5.69 Å². The number of hydrogen-bond donors (Lipinski definition) is 1. The summed E-state index contributed by atoms with van der Waals surface area (Å²) >= 11 is 3.39. The van der Waals surface area contributed by atoms with Crippen molar-refractivity contribution in [3.63, 3.8) is 0 Å². The highest BCUT2D eigenvalue weighted by molar-refractivity contribution is 9.10. The normalized spacial score (nSPS) is 11.1. The first-order valence-electron chi connectivity index (χ1n) is 7.14. The van der Waals surface area contributed by atoms with Crippen LogP contribution in [0.3, 0.4) is 0 Å². The molecule has 0 aromatic heterocycles. The summed E-state index contributed by atoms with van der Waals surface area (Å²) in [5.41, 5.74) is 1.90. The average molecular weight is 362 g/mol. The Morgan fingerprint density at radius 2 is 1.73 bits per heavy atom. The van der Waals surface area contributed by atoms with Crippen LogP contribution in [0.15, 0.2) is 53.0 Å². The number of carbonyl (C=O) groups is 1. The molecule has 0 aliphatic carbocycles. The van der Waals surface area contributed by atoms with Gasteiger partial charge in [0, 0.05) is 5.69 Å². The fraction of sp³-hybridized carbons (Fsp3) is 0.278. The van der Waals surface area contributed by atoms with Crippen LogP contribution in [0, 0.1) is 0 Å². The van der Waals surface area contributed by atoms with E-state index in [2.05, 4.69) is 42.0 Å². The minimum Gasteiger partial charge on any atom is -0.483 e. The van der Waals surface area contributed by atoms with Gasteiger partial charge in [0.15, 0.2) is 6.61 Å². The zero-order valence-corrected chi connectivity index (χ0v) is 14.6. The van der Waals surface area contributed by atoms with Gasteiger partial charge in [-0.05, 0) is 45.1 Å². The molecule has 0 saturated heterocycles. The summed E-state index contributed by atoms with van der Waals surface area (Å²) in [7, 11) is 0. The molecule has 3 nitrogen and oxygen atoms in total. The van der Waals surface area contributed by atoms with Crippen LogP contribution < -0.4 is 10.1 Å². The van der Waals surface area contributed by atoms with Crippen LogP contribution in [0.1, 0.15) is 26.3 Å². The van der Waals surface area contributed by atoms with E-state index in [4.69, 9.17) is 4.74 Å². The maximum absolute atomic E-state index is 12.1. The number of amides is 1. The van der Waals surface area contributed by atoms with E-state index in [1.54, 1.807) is 0 Å². The van der Waals surface area contributed by atoms with Crippen molar-refractivity contribution in [3.05, 3.63) is 58.6 Å². The first kappa shape index (κ1) is 16.6. The van der Waals surface area contributed by atoms with E-state index >= 15 is 0 Å². The molecule has 2 aromatic carbocycles. The van der Waals surface area contributed by atoms with E-state index < -0.39 is 0 Å². The summed E-state index contributed by atoms with van der Waals surface area (Å²) in [6, 6.07) is 15.3. The van der Waals surface area contributed by atoms with Crippen LogP contribution in [-0.4, -0.2) is 12.5 Å². The van der Waals surface area contributed by atoms with Crippen LogP contribution in [-0.2, 0) is 10.2 Å². The molecule has 0 aliphatic rings. The van der Waals surface area contributed by atoms with Gasteiger partial charge in [-0.3, -0.25) is 4.79 Å². The number of halogens is 1. The van der Waals surface area contributed by atoms with Crippen molar-refractivity contribution in [1.82, 2.24) is 0 Å². The Labute approximate surface area is 139 Å². The SMILES string of the molecule is CC(C)(C)c1ccccc1NC(=O)COc1ccccc1Br. The molecule has 0 spiro atoms. The highest BCUT2D eigenvalue weighted by atomic mass is 79.9. The van der Waals surface area contributed by atoms with E-state index in [-0.39, 0.29) is 17.9 Å². The lowest BCUT2D eigenvalue weighted by atomic mass is 9.86. The molecule has 1 N–H and O–H groups in total. The first-order valence-corrected chi connectivity index (χ1v) is 7.94. The van der Waals surface area contributed by atoms with Gasteiger partial charge in [-0.15, -0.1) is 0 Å². The Morgan fingerprint density at radius 3 is 2.41 bits per heavy atom. The maximum atomic E-state index is 12.1. The number of anilines is 1. The zero-order chi connectivity index (χ0) is 16.2. The Kier molecular flexibility index (Phi) is 5.24. The van der Waals surface area contributed by atoms with Gasteiger partial charge in [0.05, 0.1) is 4.47 Å². The molecule has 0 bridgehead atoms. The van der Waals surface area contributed by atoms with Crippen molar-refractivity contribution in [2.24, 2.45) is 0 Å². The fourth-order valence-corrected chi connectivity index (χ4v) is 2.54. The third-order valence-corrected chi connectivity index (χ3v) is 3.86. The van der Waals surface area contributed by atoms with Crippen molar-refractivity contribution in [3.8, 4) is 5.75 Å². The Hall–Kier alpha value is -1.81. The fourth-order valence-electron chi connectivity index (χ4n) is 2.14. The third-order valence-electron chi connectivity index (χ3n) is 3.20. The van der Waals surface area contributed by atoms with Gasteiger partial charge < -0.3 is 10.1 Å². The number of hydrogen-bond acceptors (Lipinski definition) is 2. The quantitative estimate of drug-likeness (QED) is 0.851. The van der Waals surface area contributed by atoms with Crippen LogP contribution in [0.2, 0.25) is 0 Å². The summed E-state index contributed by atoms with van der Waals surface area (Å²) in [6.45, 7) is 6.34. The number of nitrogens with one attached hydrogen (secondary N) is 1. The largest absolute Gasteiger partial charge is 0.483 e. The number of ether oxygens (including phenoxy) is 1. The molecule has 2 rings (SSSR count). The summed E-state index contributed by atoms with van der Waals surface area (Å²) in [5, 5.41) is 2.93. The summed E-state index contributed by atoms with van der Waals surface area (Å²) in [6.07, 6.45) is 0. The zero-order valence-electron chi connectivity index (χ0n) is 13.0. The standard InChI is InChI=1S/C18H20BrNO2/c1-18(2,3)13-8-4-6-10-15(13)20-17(21)12-22-16-11-7-5-9-14(16)19/h4-11H,12H2,1-3H3,(H,20,21).